The van der Waals surface area contributed by atoms with Gasteiger partial charge in [0, 0.05) is 12.1 Å². The van der Waals surface area contributed by atoms with Crippen molar-refractivity contribution in [3.63, 3.8) is 0 Å². The summed E-state index contributed by atoms with van der Waals surface area (Å²) in [5.41, 5.74) is 0.188. The first kappa shape index (κ1) is 14.9. The fourth-order valence-corrected chi connectivity index (χ4v) is 1.34. The summed E-state index contributed by atoms with van der Waals surface area (Å²) in [7, 11) is 0. The van der Waals surface area contributed by atoms with Crippen molar-refractivity contribution in [1.29, 1.82) is 0 Å². The smallest absolute Gasteiger partial charge is 0.348 e. The van der Waals surface area contributed by atoms with Gasteiger partial charge in [-0.05, 0) is 18.6 Å². The quantitative estimate of drug-likeness (QED) is 0.676. The average molecular weight is 271 g/mol. The molecule has 1 amide bonds. The molecule has 0 aliphatic heterocycles. The molecule has 0 bridgehead atoms. The standard InChI is InChI=1S/C13H12F3NO2/c1-2-3-11(18)17-8-9-4-6-10(7-5-9)12(19)13(14,15)16/h2-7H,8H2,1H3,(H,17,18)/b3-2+. The molecule has 0 saturated carbocycles. The van der Waals surface area contributed by atoms with Crippen LogP contribution in [-0.4, -0.2) is 17.9 Å². The molecule has 0 aliphatic rings. The molecule has 1 aromatic carbocycles. The zero-order valence-corrected chi connectivity index (χ0v) is 10.1. The predicted molar refractivity (Wildman–Crippen MR) is 63.5 cm³/mol. The summed E-state index contributed by atoms with van der Waals surface area (Å²) in [5.74, 6) is -2.17. The number of hydrogen-bond acceptors (Lipinski definition) is 2. The Balaban J connectivity index is 2.67. The molecule has 0 aromatic heterocycles. The SMILES string of the molecule is C/C=C/C(=O)NCc1ccc(C(=O)C(F)(F)F)cc1. The predicted octanol–water partition coefficient (Wildman–Crippen LogP) is 2.62. The number of alkyl halides is 3. The molecule has 102 valence electrons. The summed E-state index contributed by atoms with van der Waals surface area (Å²) >= 11 is 0. The molecule has 0 unspecified atom stereocenters. The van der Waals surface area contributed by atoms with E-state index in [2.05, 4.69) is 5.32 Å². The van der Waals surface area contributed by atoms with Crippen LogP contribution in [0.3, 0.4) is 0 Å². The minimum atomic E-state index is -4.87. The first-order chi connectivity index (χ1) is 8.84. The Bertz CT molecular complexity index is 490. The molecule has 0 spiro atoms. The van der Waals surface area contributed by atoms with Gasteiger partial charge in [-0.3, -0.25) is 9.59 Å². The highest BCUT2D eigenvalue weighted by molar-refractivity contribution is 6.00. The third kappa shape index (κ3) is 4.57. The molecule has 1 aromatic rings. The number of nitrogens with one attached hydrogen (secondary N) is 1. The number of hydrogen-bond donors (Lipinski definition) is 1. The topological polar surface area (TPSA) is 46.2 Å². The number of Topliss-reactive ketones (excluding diaryl/α,β-unsaturated/α-hetero) is 1. The summed E-state index contributed by atoms with van der Waals surface area (Å²) < 4.78 is 36.5. The van der Waals surface area contributed by atoms with Gasteiger partial charge in [-0.15, -0.1) is 0 Å². The highest BCUT2D eigenvalue weighted by atomic mass is 19.4. The van der Waals surface area contributed by atoms with Gasteiger partial charge in [-0.25, -0.2) is 0 Å². The van der Waals surface area contributed by atoms with E-state index in [-0.39, 0.29) is 12.5 Å². The van der Waals surface area contributed by atoms with Gasteiger partial charge in [0.2, 0.25) is 5.91 Å². The van der Waals surface area contributed by atoms with Crippen molar-refractivity contribution in [1.82, 2.24) is 5.32 Å². The number of rotatable bonds is 4. The van der Waals surface area contributed by atoms with E-state index in [0.29, 0.717) is 5.56 Å². The average Bonchev–Trinajstić information content (AvgIpc) is 2.35. The molecule has 1 rings (SSSR count). The number of amides is 1. The maximum atomic E-state index is 12.2. The molecular formula is C13H12F3NO2. The van der Waals surface area contributed by atoms with Crippen LogP contribution in [0, 0.1) is 0 Å². The molecular weight excluding hydrogens is 259 g/mol. The maximum Gasteiger partial charge on any atom is 0.454 e. The van der Waals surface area contributed by atoms with Crippen LogP contribution in [0.15, 0.2) is 36.4 Å². The van der Waals surface area contributed by atoms with Crippen LogP contribution in [0.4, 0.5) is 13.2 Å². The zero-order valence-electron chi connectivity index (χ0n) is 10.1. The molecule has 0 saturated heterocycles. The third-order valence-corrected chi connectivity index (χ3v) is 2.26. The summed E-state index contributed by atoms with van der Waals surface area (Å²) in [6.45, 7) is 1.88. The number of carbonyl (C=O) groups is 2. The second-order valence-electron chi connectivity index (χ2n) is 3.74. The maximum absolute atomic E-state index is 12.2. The van der Waals surface area contributed by atoms with Crippen molar-refractivity contribution < 1.29 is 22.8 Å². The summed E-state index contributed by atoms with van der Waals surface area (Å²) in [4.78, 5) is 22.0. The molecule has 1 N–H and O–H groups in total. The van der Waals surface area contributed by atoms with E-state index in [9.17, 15) is 22.8 Å². The van der Waals surface area contributed by atoms with E-state index in [1.807, 2.05) is 0 Å². The van der Waals surface area contributed by atoms with Crippen molar-refractivity contribution in [3.8, 4) is 0 Å². The van der Waals surface area contributed by atoms with Gasteiger partial charge >= 0.3 is 6.18 Å². The van der Waals surface area contributed by atoms with E-state index >= 15 is 0 Å². The van der Waals surface area contributed by atoms with Crippen molar-refractivity contribution >= 4 is 11.7 Å². The van der Waals surface area contributed by atoms with E-state index in [4.69, 9.17) is 0 Å². The van der Waals surface area contributed by atoms with Crippen LogP contribution in [-0.2, 0) is 11.3 Å². The largest absolute Gasteiger partial charge is 0.454 e. The fourth-order valence-electron chi connectivity index (χ4n) is 1.34. The molecule has 6 heteroatoms. The van der Waals surface area contributed by atoms with Gasteiger partial charge in [-0.1, -0.05) is 30.3 Å². The summed E-state index contributed by atoms with van der Waals surface area (Å²) in [6.07, 6.45) is -1.97. The van der Waals surface area contributed by atoms with Gasteiger partial charge in [0.1, 0.15) is 0 Å². The first-order valence-electron chi connectivity index (χ1n) is 5.45. The Morgan fingerprint density at radius 1 is 1.21 bits per heavy atom. The number of benzene rings is 1. The van der Waals surface area contributed by atoms with E-state index < -0.39 is 17.5 Å². The monoisotopic (exact) mass is 271 g/mol. The van der Waals surface area contributed by atoms with Gasteiger partial charge in [0.15, 0.2) is 0 Å². The lowest BCUT2D eigenvalue weighted by Crippen LogP contribution is -2.23. The van der Waals surface area contributed by atoms with E-state index in [1.54, 1.807) is 13.0 Å². The fraction of sp³-hybridized carbons (Fsp3) is 0.231. The van der Waals surface area contributed by atoms with Crippen molar-refractivity contribution in [2.45, 2.75) is 19.6 Å². The highest BCUT2D eigenvalue weighted by Gasteiger charge is 2.39. The molecule has 0 radical (unpaired) electrons. The Kier molecular flexibility index (Phi) is 4.86. The minimum Gasteiger partial charge on any atom is -0.348 e. The van der Waals surface area contributed by atoms with Crippen LogP contribution in [0.2, 0.25) is 0 Å². The second-order valence-corrected chi connectivity index (χ2v) is 3.74. The van der Waals surface area contributed by atoms with Crippen molar-refractivity contribution in [2.75, 3.05) is 0 Å². The highest BCUT2D eigenvalue weighted by Crippen LogP contribution is 2.21. The van der Waals surface area contributed by atoms with E-state index in [1.165, 1.54) is 18.2 Å². The normalized spacial score (nSPS) is 11.6. The van der Waals surface area contributed by atoms with Crippen LogP contribution in [0.5, 0.6) is 0 Å². The molecule has 0 fully saturated rings. The van der Waals surface area contributed by atoms with Crippen LogP contribution in [0.1, 0.15) is 22.8 Å². The van der Waals surface area contributed by atoms with Crippen LogP contribution >= 0.6 is 0 Å². The minimum absolute atomic E-state index is 0.184. The van der Waals surface area contributed by atoms with Gasteiger partial charge in [0.05, 0.1) is 0 Å². The second kappa shape index (κ2) is 6.17. The molecule has 3 nitrogen and oxygen atoms in total. The van der Waals surface area contributed by atoms with E-state index in [0.717, 1.165) is 12.1 Å². The Labute approximate surface area is 108 Å². The zero-order chi connectivity index (χ0) is 14.5. The first-order valence-corrected chi connectivity index (χ1v) is 5.45. The van der Waals surface area contributed by atoms with Crippen LogP contribution < -0.4 is 5.32 Å². The lowest BCUT2D eigenvalue weighted by Gasteiger charge is -2.06. The molecule has 0 atom stereocenters. The van der Waals surface area contributed by atoms with Gasteiger partial charge in [-0.2, -0.15) is 13.2 Å². The Morgan fingerprint density at radius 3 is 2.26 bits per heavy atom. The summed E-state index contributed by atoms with van der Waals surface area (Å²) in [5, 5.41) is 2.55. The number of halogens is 3. The lowest BCUT2D eigenvalue weighted by atomic mass is 10.1. The molecule has 0 aliphatic carbocycles. The Hall–Kier alpha value is -2.11. The van der Waals surface area contributed by atoms with Gasteiger partial charge < -0.3 is 5.32 Å². The lowest BCUT2D eigenvalue weighted by molar-refractivity contribution is -0.116. The number of carbonyl (C=O) groups excluding carboxylic acids is 2. The number of allylic oxidation sites excluding steroid dienone is 1. The van der Waals surface area contributed by atoms with Crippen molar-refractivity contribution in [2.24, 2.45) is 0 Å². The number of ketones is 1. The van der Waals surface area contributed by atoms with Gasteiger partial charge in [0.25, 0.3) is 5.78 Å². The van der Waals surface area contributed by atoms with Crippen LogP contribution in [0.25, 0.3) is 0 Å². The Morgan fingerprint density at radius 2 is 1.79 bits per heavy atom. The molecule has 0 heterocycles. The van der Waals surface area contributed by atoms with Crippen molar-refractivity contribution in [3.05, 3.63) is 47.5 Å². The summed E-state index contributed by atoms with van der Waals surface area (Å²) in [6, 6.07) is 4.92. The third-order valence-electron chi connectivity index (χ3n) is 2.26. The molecule has 19 heavy (non-hydrogen) atoms.